The molecular weight excluding hydrogens is 228 g/mol. The third kappa shape index (κ3) is 1.70. The summed E-state index contributed by atoms with van der Waals surface area (Å²) >= 11 is 3.41. The summed E-state index contributed by atoms with van der Waals surface area (Å²) < 4.78 is 1.04. The molecule has 0 aliphatic carbocycles. The zero-order valence-corrected chi connectivity index (χ0v) is 8.87. The van der Waals surface area contributed by atoms with E-state index < -0.39 is 0 Å². The number of benzene rings is 1. The zero-order chi connectivity index (χ0) is 9.26. The summed E-state index contributed by atoms with van der Waals surface area (Å²) in [6.45, 7) is 2.08. The molecule has 0 atom stereocenters. The van der Waals surface area contributed by atoms with Crippen LogP contribution < -0.4 is 0 Å². The fourth-order valence-electron chi connectivity index (χ4n) is 1.19. The first kappa shape index (κ1) is 8.63. The minimum absolute atomic E-state index is 0.926. The van der Waals surface area contributed by atoms with E-state index in [1.807, 2.05) is 24.4 Å². The molecule has 2 rings (SSSR count). The van der Waals surface area contributed by atoms with Crippen molar-refractivity contribution in [1.82, 2.24) is 9.97 Å². The Kier molecular flexibility index (Phi) is 2.27. The molecule has 3 heteroatoms. The van der Waals surface area contributed by atoms with Gasteiger partial charge < -0.3 is 0 Å². The van der Waals surface area contributed by atoms with Gasteiger partial charge in [0.25, 0.3) is 0 Å². The van der Waals surface area contributed by atoms with Crippen LogP contribution in [-0.2, 0) is 6.42 Å². The third-order valence-electron chi connectivity index (χ3n) is 1.92. The minimum Gasteiger partial charge on any atom is -0.253 e. The van der Waals surface area contributed by atoms with Crippen LogP contribution in [0.1, 0.15) is 12.6 Å². The first-order chi connectivity index (χ1) is 6.29. The van der Waals surface area contributed by atoms with Crippen molar-refractivity contribution in [3.8, 4) is 0 Å². The Morgan fingerprint density at radius 1 is 1.31 bits per heavy atom. The Hall–Kier alpha value is -0.960. The molecule has 2 nitrogen and oxygen atoms in total. The lowest BCUT2D eigenvalue weighted by atomic mass is 10.3. The first-order valence-corrected chi connectivity index (χ1v) is 5.00. The van der Waals surface area contributed by atoms with Crippen LogP contribution in [0.15, 0.2) is 28.9 Å². The summed E-state index contributed by atoms with van der Waals surface area (Å²) in [5.41, 5.74) is 2.93. The number of hydrogen-bond acceptors (Lipinski definition) is 2. The Morgan fingerprint density at radius 3 is 2.92 bits per heavy atom. The second kappa shape index (κ2) is 3.42. The van der Waals surface area contributed by atoms with E-state index in [2.05, 4.69) is 32.8 Å². The lowest BCUT2D eigenvalue weighted by Gasteiger charge is -1.99. The van der Waals surface area contributed by atoms with Gasteiger partial charge in [0.15, 0.2) is 0 Å². The molecule has 1 aromatic heterocycles. The van der Waals surface area contributed by atoms with Crippen LogP contribution in [0.5, 0.6) is 0 Å². The van der Waals surface area contributed by atoms with Crippen molar-refractivity contribution in [2.75, 3.05) is 0 Å². The molecule has 0 aliphatic rings. The summed E-state index contributed by atoms with van der Waals surface area (Å²) in [5.74, 6) is 0. The largest absolute Gasteiger partial charge is 0.253 e. The van der Waals surface area contributed by atoms with E-state index in [1.54, 1.807) is 0 Å². The topological polar surface area (TPSA) is 25.8 Å². The van der Waals surface area contributed by atoms with Crippen molar-refractivity contribution >= 4 is 27.0 Å². The van der Waals surface area contributed by atoms with Gasteiger partial charge >= 0.3 is 0 Å². The number of hydrogen-bond donors (Lipinski definition) is 0. The van der Waals surface area contributed by atoms with Gasteiger partial charge in [-0.15, -0.1) is 0 Å². The van der Waals surface area contributed by atoms with Crippen LogP contribution in [0.3, 0.4) is 0 Å². The summed E-state index contributed by atoms with van der Waals surface area (Å²) in [7, 11) is 0. The smallest absolute Gasteiger partial charge is 0.0901 e. The highest BCUT2D eigenvalue weighted by molar-refractivity contribution is 9.10. The predicted molar refractivity (Wildman–Crippen MR) is 56.6 cm³/mol. The number of aryl methyl sites for hydroxylation is 1. The highest BCUT2D eigenvalue weighted by atomic mass is 79.9. The summed E-state index contributed by atoms with van der Waals surface area (Å²) in [4.78, 5) is 8.77. The molecular formula is C10H9BrN2. The van der Waals surface area contributed by atoms with Crippen molar-refractivity contribution in [2.24, 2.45) is 0 Å². The number of nitrogens with zero attached hydrogens (tertiary/aromatic N) is 2. The third-order valence-corrected chi connectivity index (χ3v) is 2.41. The van der Waals surface area contributed by atoms with Crippen molar-refractivity contribution in [2.45, 2.75) is 13.3 Å². The van der Waals surface area contributed by atoms with Crippen LogP contribution >= 0.6 is 15.9 Å². The van der Waals surface area contributed by atoms with Gasteiger partial charge in [-0.1, -0.05) is 22.9 Å². The quantitative estimate of drug-likeness (QED) is 0.761. The Balaban J connectivity index is 2.68. The van der Waals surface area contributed by atoms with E-state index in [1.165, 1.54) is 0 Å². The second-order valence-electron chi connectivity index (χ2n) is 2.85. The Bertz CT molecular complexity index is 440. The molecule has 66 valence electrons. The molecule has 0 aliphatic heterocycles. The van der Waals surface area contributed by atoms with Crippen molar-refractivity contribution in [3.05, 3.63) is 34.6 Å². The highest BCUT2D eigenvalue weighted by Gasteiger charge is 1.98. The molecule has 1 aromatic carbocycles. The fourth-order valence-corrected chi connectivity index (χ4v) is 1.54. The molecule has 2 aromatic rings. The molecule has 1 heterocycles. The molecule has 0 spiro atoms. The lowest BCUT2D eigenvalue weighted by Crippen LogP contribution is -1.90. The van der Waals surface area contributed by atoms with E-state index in [9.17, 15) is 0 Å². The van der Waals surface area contributed by atoms with Crippen molar-refractivity contribution in [3.63, 3.8) is 0 Å². The molecule has 0 unspecified atom stereocenters. The van der Waals surface area contributed by atoms with Crippen LogP contribution in [0.2, 0.25) is 0 Å². The minimum atomic E-state index is 0.926. The maximum atomic E-state index is 4.46. The van der Waals surface area contributed by atoms with Gasteiger partial charge in [0.05, 0.1) is 16.7 Å². The fraction of sp³-hybridized carbons (Fsp3) is 0.200. The van der Waals surface area contributed by atoms with Crippen molar-refractivity contribution < 1.29 is 0 Å². The molecule has 0 saturated heterocycles. The van der Waals surface area contributed by atoms with E-state index in [0.29, 0.717) is 0 Å². The average molecular weight is 237 g/mol. The summed E-state index contributed by atoms with van der Waals surface area (Å²) in [5, 5.41) is 0. The first-order valence-electron chi connectivity index (χ1n) is 4.21. The lowest BCUT2D eigenvalue weighted by molar-refractivity contribution is 1.03. The van der Waals surface area contributed by atoms with Gasteiger partial charge in [-0.25, -0.2) is 4.98 Å². The predicted octanol–water partition coefficient (Wildman–Crippen LogP) is 2.95. The number of fused-ring (bicyclic) bond motifs is 1. The van der Waals surface area contributed by atoms with Gasteiger partial charge in [0.2, 0.25) is 0 Å². The maximum Gasteiger partial charge on any atom is 0.0901 e. The molecule has 0 saturated carbocycles. The van der Waals surface area contributed by atoms with E-state index in [0.717, 1.165) is 27.6 Å². The number of halogens is 1. The SMILES string of the molecule is CCc1cnc2ccc(Br)cc2n1. The molecule has 0 N–H and O–H groups in total. The van der Waals surface area contributed by atoms with Gasteiger partial charge in [-0.2, -0.15) is 0 Å². The molecule has 0 fully saturated rings. The Morgan fingerprint density at radius 2 is 2.15 bits per heavy atom. The highest BCUT2D eigenvalue weighted by Crippen LogP contribution is 2.16. The standard InChI is InChI=1S/C10H9BrN2/c1-2-8-6-12-9-4-3-7(11)5-10(9)13-8/h3-6H,2H2,1H3. The van der Waals surface area contributed by atoms with Gasteiger partial charge in [-0.05, 0) is 24.6 Å². The molecule has 0 amide bonds. The Labute approximate surface area is 85.1 Å². The normalized spacial score (nSPS) is 10.6. The molecule has 0 radical (unpaired) electrons. The van der Waals surface area contributed by atoms with E-state index in [-0.39, 0.29) is 0 Å². The second-order valence-corrected chi connectivity index (χ2v) is 3.76. The summed E-state index contributed by atoms with van der Waals surface area (Å²) in [6.07, 6.45) is 2.76. The van der Waals surface area contributed by atoms with E-state index in [4.69, 9.17) is 0 Å². The van der Waals surface area contributed by atoms with Crippen LogP contribution in [0.4, 0.5) is 0 Å². The maximum absolute atomic E-state index is 4.46. The van der Waals surface area contributed by atoms with Crippen LogP contribution in [0.25, 0.3) is 11.0 Å². The number of aromatic nitrogens is 2. The van der Waals surface area contributed by atoms with Crippen molar-refractivity contribution in [1.29, 1.82) is 0 Å². The average Bonchev–Trinajstić information content (AvgIpc) is 2.16. The zero-order valence-electron chi connectivity index (χ0n) is 7.29. The molecule has 13 heavy (non-hydrogen) atoms. The van der Waals surface area contributed by atoms with Gasteiger partial charge in [-0.3, -0.25) is 4.98 Å². The monoisotopic (exact) mass is 236 g/mol. The van der Waals surface area contributed by atoms with Crippen LogP contribution in [-0.4, -0.2) is 9.97 Å². The van der Waals surface area contributed by atoms with E-state index >= 15 is 0 Å². The number of rotatable bonds is 1. The molecule has 0 bridgehead atoms. The van der Waals surface area contributed by atoms with Gasteiger partial charge in [0, 0.05) is 10.7 Å². The summed E-state index contributed by atoms with van der Waals surface area (Å²) in [6, 6.07) is 5.93. The van der Waals surface area contributed by atoms with Gasteiger partial charge in [0.1, 0.15) is 0 Å². The van der Waals surface area contributed by atoms with Crippen LogP contribution in [0, 0.1) is 0 Å².